The molecule has 0 fully saturated rings. The van der Waals surface area contributed by atoms with Crippen molar-refractivity contribution in [1.29, 1.82) is 0 Å². The monoisotopic (exact) mass is 432 g/mol. The van der Waals surface area contributed by atoms with Crippen LogP contribution < -0.4 is 10.0 Å². The van der Waals surface area contributed by atoms with Crippen LogP contribution >= 0.6 is 0 Å². The highest BCUT2D eigenvalue weighted by Gasteiger charge is 2.19. The molecule has 2 N–H and O–H groups in total. The van der Waals surface area contributed by atoms with E-state index in [1.807, 2.05) is 64.1 Å². The molecule has 4 rings (SSSR count). The Bertz CT molecular complexity index is 1380. The van der Waals surface area contributed by atoms with Crippen molar-refractivity contribution in [3.63, 3.8) is 0 Å². The highest BCUT2D eigenvalue weighted by Crippen LogP contribution is 2.28. The largest absolute Gasteiger partial charge is 0.337 e. The van der Waals surface area contributed by atoms with E-state index in [9.17, 15) is 8.42 Å². The molecule has 1 heterocycles. The smallest absolute Gasteiger partial charge is 0.263 e. The molecule has 158 valence electrons. The van der Waals surface area contributed by atoms with Crippen LogP contribution in [0.25, 0.3) is 11.0 Å². The summed E-state index contributed by atoms with van der Waals surface area (Å²) < 4.78 is 28.6. The third kappa shape index (κ3) is 4.51. The lowest BCUT2D eigenvalue weighted by Gasteiger charge is -2.15. The van der Waals surface area contributed by atoms with E-state index in [-0.39, 0.29) is 10.7 Å². The van der Waals surface area contributed by atoms with E-state index in [4.69, 9.17) is 0 Å². The molecule has 31 heavy (non-hydrogen) atoms. The first-order valence-electron chi connectivity index (χ1n) is 9.93. The van der Waals surface area contributed by atoms with Gasteiger partial charge >= 0.3 is 0 Å². The van der Waals surface area contributed by atoms with Crippen molar-refractivity contribution >= 4 is 38.4 Å². The zero-order valence-electron chi connectivity index (χ0n) is 17.9. The van der Waals surface area contributed by atoms with Gasteiger partial charge < -0.3 is 5.32 Å². The van der Waals surface area contributed by atoms with Crippen LogP contribution in [0, 0.1) is 27.7 Å². The van der Waals surface area contributed by atoms with Gasteiger partial charge in [-0.1, -0.05) is 29.8 Å². The number of aromatic nitrogens is 2. The van der Waals surface area contributed by atoms with Crippen molar-refractivity contribution in [1.82, 2.24) is 9.97 Å². The molecule has 0 aliphatic carbocycles. The van der Waals surface area contributed by atoms with E-state index in [1.165, 1.54) is 5.56 Å². The Morgan fingerprint density at radius 3 is 2.06 bits per heavy atom. The predicted octanol–water partition coefficient (Wildman–Crippen LogP) is 5.41. The van der Waals surface area contributed by atoms with E-state index in [0.717, 1.165) is 22.4 Å². The van der Waals surface area contributed by atoms with E-state index < -0.39 is 10.0 Å². The van der Waals surface area contributed by atoms with Gasteiger partial charge in [0.1, 0.15) is 0 Å². The van der Waals surface area contributed by atoms with E-state index in [1.54, 1.807) is 24.3 Å². The minimum atomic E-state index is -3.83. The van der Waals surface area contributed by atoms with Crippen LogP contribution in [0.15, 0.2) is 65.6 Å². The molecule has 6 nitrogen and oxygen atoms in total. The van der Waals surface area contributed by atoms with Crippen LogP contribution in [0.3, 0.4) is 0 Å². The van der Waals surface area contributed by atoms with Gasteiger partial charge in [-0.2, -0.15) is 0 Å². The lowest BCUT2D eigenvalue weighted by molar-refractivity contribution is 0.601. The number of anilines is 3. The fraction of sp³-hybridized carbons (Fsp3) is 0.167. The number of hydrogen-bond donors (Lipinski definition) is 2. The summed E-state index contributed by atoms with van der Waals surface area (Å²) in [6, 6.07) is 18.3. The molecule has 0 spiro atoms. The molecular formula is C24H24N4O2S. The minimum absolute atomic E-state index is 0.148. The number of hydrogen-bond acceptors (Lipinski definition) is 5. The van der Waals surface area contributed by atoms with Crippen molar-refractivity contribution in [3.8, 4) is 0 Å². The number of aryl methyl sites for hydroxylation is 4. The Kier molecular flexibility index (Phi) is 5.37. The Labute approximate surface area is 182 Å². The summed E-state index contributed by atoms with van der Waals surface area (Å²) >= 11 is 0. The van der Waals surface area contributed by atoms with Gasteiger partial charge in [0.2, 0.25) is 0 Å². The van der Waals surface area contributed by atoms with Gasteiger partial charge in [0.05, 0.1) is 15.9 Å². The molecule has 0 aliphatic heterocycles. The van der Waals surface area contributed by atoms with Gasteiger partial charge in [0.15, 0.2) is 11.6 Å². The van der Waals surface area contributed by atoms with E-state index >= 15 is 0 Å². The van der Waals surface area contributed by atoms with Gasteiger partial charge in [0, 0.05) is 5.69 Å². The number of nitrogens with one attached hydrogen (secondary N) is 2. The average Bonchev–Trinajstić information content (AvgIpc) is 2.71. The van der Waals surface area contributed by atoms with Gasteiger partial charge in [-0.15, -0.1) is 0 Å². The fourth-order valence-corrected chi connectivity index (χ4v) is 4.19. The van der Waals surface area contributed by atoms with Crippen molar-refractivity contribution in [2.45, 2.75) is 32.6 Å². The highest BCUT2D eigenvalue weighted by atomic mass is 32.2. The van der Waals surface area contributed by atoms with Gasteiger partial charge in [-0.25, -0.2) is 18.4 Å². The number of benzene rings is 3. The van der Waals surface area contributed by atoms with Crippen LogP contribution in [-0.4, -0.2) is 18.4 Å². The molecule has 7 heteroatoms. The minimum Gasteiger partial charge on any atom is -0.337 e. The number of rotatable bonds is 5. The first kappa shape index (κ1) is 20.8. The number of nitrogens with zero attached hydrogens (tertiary/aromatic N) is 2. The second kappa shape index (κ2) is 8.00. The van der Waals surface area contributed by atoms with Crippen LogP contribution in [0.4, 0.5) is 17.3 Å². The van der Waals surface area contributed by atoms with Crippen LogP contribution in [-0.2, 0) is 10.0 Å². The fourth-order valence-electron chi connectivity index (χ4n) is 3.18. The van der Waals surface area contributed by atoms with Crippen LogP contribution in [0.5, 0.6) is 0 Å². The maximum absolute atomic E-state index is 13.0. The molecule has 0 aliphatic rings. The summed E-state index contributed by atoms with van der Waals surface area (Å²) in [5, 5.41) is 3.23. The topological polar surface area (TPSA) is 84.0 Å². The summed E-state index contributed by atoms with van der Waals surface area (Å²) in [7, 11) is -3.83. The third-order valence-corrected chi connectivity index (χ3v) is 6.51. The maximum atomic E-state index is 13.0. The van der Waals surface area contributed by atoms with Gasteiger partial charge in [-0.05, 0) is 80.8 Å². The molecule has 0 unspecified atom stereocenters. The Balaban J connectivity index is 1.80. The SMILES string of the molecule is Cc1ccc(S(=O)(=O)Nc2nc3ccc(C)cc3nc2Nc2ccc(C)c(C)c2)cc1. The van der Waals surface area contributed by atoms with Crippen molar-refractivity contribution < 1.29 is 8.42 Å². The summed E-state index contributed by atoms with van der Waals surface area (Å²) in [4.78, 5) is 9.41. The predicted molar refractivity (Wildman–Crippen MR) is 125 cm³/mol. The molecule has 0 atom stereocenters. The second-order valence-electron chi connectivity index (χ2n) is 7.76. The van der Waals surface area contributed by atoms with Gasteiger partial charge in [0.25, 0.3) is 10.0 Å². The second-order valence-corrected chi connectivity index (χ2v) is 9.44. The number of sulfonamides is 1. The molecule has 4 aromatic rings. The summed E-state index contributed by atoms with van der Waals surface area (Å²) in [6.45, 7) is 7.95. The quantitative estimate of drug-likeness (QED) is 0.441. The summed E-state index contributed by atoms with van der Waals surface area (Å²) in [6.07, 6.45) is 0. The highest BCUT2D eigenvalue weighted by molar-refractivity contribution is 7.92. The van der Waals surface area contributed by atoms with Gasteiger partial charge in [-0.3, -0.25) is 4.72 Å². The molecule has 0 bridgehead atoms. The Morgan fingerprint density at radius 1 is 0.677 bits per heavy atom. The maximum Gasteiger partial charge on any atom is 0.263 e. The molecule has 0 saturated carbocycles. The normalized spacial score (nSPS) is 11.5. The summed E-state index contributed by atoms with van der Waals surface area (Å²) in [5.74, 6) is 0.493. The standard InChI is InChI=1S/C24H24N4O2S/c1-15-5-10-20(11-6-15)31(29,30)28-24-23(25-19-9-8-17(3)18(4)14-19)27-22-13-16(2)7-12-21(22)26-24/h5-14H,1-4H3,(H,25,27)(H,26,28). The van der Waals surface area contributed by atoms with E-state index in [2.05, 4.69) is 20.0 Å². The first-order chi connectivity index (χ1) is 14.7. The molecule has 0 saturated heterocycles. The molecule has 0 amide bonds. The third-order valence-electron chi connectivity index (χ3n) is 5.15. The van der Waals surface area contributed by atoms with Crippen molar-refractivity contribution in [3.05, 3.63) is 82.9 Å². The summed E-state index contributed by atoms with van der Waals surface area (Å²) in [5.41, 5.74) is 6.42. The van der Waals surface area contributed by atoms with Crippen LogP contribution in [0.2, 0.25) is 0 Å². The number of fused-ring (bicyclic) bond motifs is 1. The van der Waals surface area contributed by atoms with E-state index in [0.29, 0.717) is 16.9 Å². The molecule has 0 radical (unpaired) electrons. The molecule has 3 aromatic carbocycles. The zero-order chi connectivity index (χ0) is 22.2. The van der Waals surface area contributed by atoms with Crippen LogP contribution in [0.1, 0.15) is 22.3 Å². The Hall–Kier alpha value is -3.45. The van der Waals surface area contributed by atoms with Crippen molar-refractivity contribution in [2.24, 2.45) is 0 Å². The van der Waals surface area contributed by atoms with Crippen molar-refractivity contribution in [2.75, 3.05) is 10.0 Å². The lowest BCUT2D eigenvalue weighted by Crippen LogP contribution is -2.16. The average molecular weight is 433 g/mol. The molecule has 1 aromatic heterocycles. The zero-order valence-corrected chi connectivity index (χ0v) is 18.7. The first-order valence-corrected chi connectivity index (χ1v) is 11.4. The molecular weight excluding hydrogens is 408 g/mol. The lowest BCUT2D eigenvalue weighted by atomic mass is 10.1. The Morgan fingerprint density at radius 2 is 1.35 bits per heavy atom.